The largest absolute Gasteiger partial charge is 0.476 e. The number of nitrogens with one attached hydrogen (secondary N) is 1. The summed E-state index contributed by atoms with van der Waals surface area (Å²) in [5, 5.41) is 3.76. The normalized spacial score (nSPS) is 10.6. The van der Waals surface area contributed by atoms with Crippen LogP contribution < -0.4 is 21.5 Å². The maximum absolute atomic E-state index is 11.4. The Morgan fingerprint density at radius 3 is 2.94 bits per heavy atom. The molecule has 0 spiro atoms. The van der Waals surface area contributed by atoms with Gasteiger partial charge in [-0.3, -0.25) is 4.79 Å². The summed E-state index contributed by atoms with van der Waals surface area (Å²) in [7, 11) is 1.84. The number of rotatable bonds is 4. The Bertz CT molecular complexity index is 579. The SMILES string of the molecule is CNCCOc1ccc2ccc(=O)n(N)c2n1. The van der Waals surface area contributed by atoms with Gasteiger partial charge in [-0.1, -0.05) is 0 Å². The van der Waals surface area contributed by atoms with Crippen LogP contribution in [-0.4, -0.2) is 29.9 Å². The molecule has 3 N–H and O–H groups in total. The second-order valence-corrected chi connectivity index (χ2v) is 3.56. The quantitative estimate of drug-likeness (QED) is 0.561. The number of likely N-dealkylation sites (N-methyl/N-ethyl adjacent to an activating group) is 1. The van der Waals surface area contributed by atoms with Crippen molar-refractivity contribution in [2.45, 2.75) is 0 Å². The summed E-state index contributed by atoms with van der Waals surface area (Å²) in [4.78, 5) is 15.5. The second kappa shape index (κ2) is 4.84. The molecular weight excluding hydrogens is 220 g/mol. The predicted octanol–water partition coefficient (Wildman–Crippen LogP) is -0.292. The third-order valence-electron chi connectivity index (χ3n) is 2.35. The fourth-order valence-corrected chi connectivity index (χ4v) is 1.45. The lowest BCUT2D eigenvalue weighted by atomic mass is 10.3. The van der Waals surface area contributed by atoms with E-state index in [1.54, 1.807) is 12.1 Å². The summed E-state index contributed by atoms with van der Waals surface area (Å²) in [5.74, 6) is 6.07. The molecule has 6 heteroatoms. The minimum atomic E-state index is -0.294. The number of pyridine rings is 2. The van der Waals surface area contributed by atoms with E-state index < -0.39 is 0 Å². The highest BCUT2D eigenvalue weighted by Crippen LogP contribution is 2.13. The molecule has 0 unspecified atom stereocenters. The molecule has 0 aliphatic rings. The van der Waals surface area contributed by atoms with Gasteiger partial charge in [0.15, 0.2) is 5.65 Å². The average molecular weight is 234 g/mol. The van der Waals surface area contributed by atoms with Gasteiger partial charge in [0, 0.05) is 24.1 Å². The highest BCUT2D eigenvalue weighted by molar-refractivity contribution is 5.75. The van der Waals surface area contributed by atoms with Crippen LogP contribution in [0.25, 0.3) is 11.0 Å². The van der Waals surface area contributed by atoms with E-state index in [9.17, 15) is 4.79 Å². The van der Waals surface area contributed by atoms with Gasteiger partial charge in [0.05, 0.1) is 0 Å². The molecule has 0 radical (unpaired) electrons. The molecule has 2 aromatic rings. The van der Waals surface area contributed by atoms with Crippen LogP contribution in [0.5, 0.6) is 5.88 Å². The molecule has 2 aromatic heterocycles. The molecule has 17 heavy (non-hydrogen) atoms. The molecule has 0 fully saturated rings. The average Bonchev–Trinajstić information content (AvgIpc) is 2.35. The Morgan fingerprint density at radius 2 is 2.18 bits per heavy atom. The molecule has 0 bridgehead atoms. The standard InChI is InChI=1S/C11H14N4O2/c1-13-6-7-17-9-4-2-8-3-5-10(16)15(12)11(8)14-9/h2-5,13H,6-7,12H2,1H3. The van der Waals surface area contributed by atoms with Crippen LogP contribution in [0.2, 0.25) is 0 Å². The monoisotopic (exact) mass is 234 g/mol. The Balaban J connectivity index is 2.35. The van der Waals surface area contributed by atoms with Crippen molar-refractivity contribution in [3.63, 3.8) is 0 Å². The van der Waals surface area contributed by atoms with Gasteiger partial charge in [0.25, 0.3) is 5.56 Å². The molecule has 0 saturated carbocycles. The number of nitrogens with zero attached hydrogens (tertiary/aromatic N) is 2. The van der Waals surface area contributed by atoms with Gasteiger partial charge in [-0.05, 0) is 19.2 Å². The van der Waals surface area contributed by atoms with E-state index in [0.717, 1.165) is 16.6 Å². The van der Waals surface area contributed by atoms with Crippen molar-refractivity contribution in [1.82, 2.24) is 15.0 Å². The van der Waals surface area contributed by atoms with Crippen molar-refractivity contribution in [1.29, 1.82) is 0 Å². The number of hydrogen-bond donors (Lipinski definition) is 2. The Morgan fingerprint density at radius 1 is 1.41 bits per heavy atom. The van der Waals surface area contributed by atoms with E-state index >= 15 is 0 Å². The summed E-state index contributed by atoms with van der Waals surface area (Å²) in [6.07, 6.45) is 0. The first kappa shape index (κ1) is 11.4. The fourth-order valence-electron chi connectivity index (χ4n) is 1.45. The van der Waals surface area contributed by atoms with Gasteiger partial charge >= 0.3 is 0 Å². The van der Waals surface area contributed by atoms with Crippen LogP contribution in [-0.2, 0) is 0 Å². The van der Waals surface area contributed by atoms with Gasteiger partial charge in [-0.25, -0.2) is 4.68 Å². The van der Waals surface area contributed by atoms with Crippen LogP contribution in [0.3, 0.4) is 0 Å². The van der Waals surface area contributed by atoms with E-state index in [4.69, 9.17) is 10.6 Å². The number of nitrogen functional groups attached to an aromatic ring is 1. The summed E-state index contributed by atoms with van der Waals surface area (Å²) >= 11 is 0. The minimum absolute atomic E-state index is 0.294. The fraction of sp³-hybridized carbons (Fsp3) is 0.273. The van der Waals surface area contributed by atoms with Crippen molar-refractivity contribution >= 4 is 11.0 Å². The number of hydrogen-bond acceptors (Lipinski definition) is 5. The molecular formula is C11H14N4O2. The summed E-state index contributed by atoms with van der Waals surface area (Å²) in [6, 6.07) is 6.67. The lowest BCUT2D eigenvalue weighted by Gasteiger charge is -2.07. The molecule has 0 atom stereocenters. The van der Waals surface area contributed by atoms with Crippen LogP contribution in [0.15, 0.2) is 29.1 Å². The molecule has 0 saturated heterocycles. The molecule has 2 heterocycles. The third kappa shape index (κ3) is 2.36. The molecule has 90 valence electrons. The smallest absolute Gasteiger partial charge is 0.270 e. The Hall–Kier alpha value is -2.08. The highest BCUT2D eigenvalue weighted by atomic mass is 16.5. The summed E-state index contributed by atoms with van der Waals surface area (Å²) in [6.45, 7) is 1.24. The van der Waals surface area contributed by atoms with Gasteiger partial charge in [-0.15, -0.1) is 0 Å². The zero-order valence-corrected chi connectivity index (χ0v) is 9.51. The predicted molar refractivity (Wildman–Crippen MR) is 65.6 cm³/mol. The second-order valence-electron chi connectivity index (χ2n) is 3.56. The van der Waals surface area contributed by atoms with Crippen molar-refractivity contribution in [2.24, 2.45) is 0 Å². The molecule has 0 aromatic carbocycles. The van der Waals surface area contributed by atoms with Crippen LogP contribution in [0, 0.1) is 0 Å². The van der Waals surface area contributed by atoms with Crippen molar-refractivity contribution in [2.75, 3.05) is 26.0 Å². The first-order valence-corrected chi connectivity index (χ1v) is 5.27. The zero-order chi connectivity index (χ0) is 12.3. The first-order chi connectivity index (χ1) is 8.22. The molecule has 6 nitrogen and oxygen atoms in total. The molecule has 0 amide bonds. The zero-order valence-electron chi connectivity index (χ0n) is 9.51. The number of ether oxygens (including phenoxy) is 1. The number of aromatic nitrogens is 2. The summed E-state index contributed by atoms with van der Waals surface area (Å²) < 4.78 is 6.42. The van der Waals surface area contributed by atoms with E-state index in [1.165, 1.54) is 6.07 Å². The first-order valence-electron chi connectivity index (χ1n) is 5.27. The Kier molecular flexibility index (Phi) is 3.24. The van der Waals surface area contributed by atoms with E-state index in [2.05, 4.69) is 10.3 Å². The van der Waals surface area contributed by atoms with Gasteiger partial charge in [0.2, 0.25) is 5.88 Å². The van der Waals surface area contributed by atoms with Gasteiger partial charge in [-0.2, -0.15) is 4.98 Å². The van der Waals surface area contributed by atoms with E-state index in [-0.39, 0.29) is 5.56 Å². The molecule has 2 rings (SSSR count). The minimum Gasteiger partial charge on any atom is -0.476 e. The molecule has 0 aliphatic heterocycles. The highest BCUT2D eigenvalue weighted by Gasteiger charge is 2.03. The van der Waals surface area contributed by atoms with Gasteiger partial charge < -0.3 is 15.9 Å². The maximum atomic E-state index is 11.4. The van der Waals surface area contributed by atoms with Crippen molar-refractivity contribution in [3.8, 4) is 5.88 Å². The topological polar surface area (TPSA) is 82.2 Å². The van der Waals surface area contributed by atoms with Crippen LogP contribution >= 0.6 is 0 Å². The lowest BCUT2D eigenvalue weighted by molar-refractivity contribution is 0.307. The Labute approximate surface area is 98.0 Å². The number of nitrogens with two attached hydrogens (primary N) is 1. The van der Waals surface area contributed by atoms with Gasteiger partial charge in [0.1, 0.15) is 6.61 Å². The lowest BCUT2D eigenvalue weighted by Crippen LogP contribution is -2.27. The number of fused-ring (bicyclic) bond motifs is 1. The van der Waals surface area contributed by atoms with E-state index in [0.29, 0.717) is 18.1 Å². The summed E-state index contributed by atoms with van der Waals surface area (Å²) in [5.41, 5.74) is 0.122. The van der Waals surface area contributed by atoms with Crippen LogP contribution in [0.4, 0.5) is 0 Å². The van der Waals surface area contributed by atoms with Crippen molar-refractivity contribution < 1.29 is 4.74 Å². The van der Waals surface area contributed by atoms with E-state index in [1.807, 2.05) is 13.1 Å². The maximum Gasteiger partial charge on any atom is 0.270 e. The van der Waals surface area contributed by atoms with Crippen LogP contribution in [0.1, 0.15) is 0 Å². The molecule has 0 aliphatic carbocycles. The third-order valence-corrected chi connectivity index (χ3v) is 2.35. The van der Waals surface area contributed by atoms with Crippen molar-refractivity contribution in [3.05, 3.63) is 34.6 Å².